The number of carbonyl (C=O) groups excluding carboxylic acids is 1. The molecule has 2 aliphatic heterocycles. The molecule has 6 nitrogen and oxygen atoms in total. The number of anilines is 1. The minimum Gasteiger partial charge on any atom is -0.314 e. The number of aromatic nitrogens is 3. The summed E-state index contributed by atoms with van der Waals surface area (Å²) in [6.07, 6.45) is 8.73. The number of carbonyl (C=O) groups is 1. The Morgan fingerprint density at radius 1 is 1.14 bits per heavy atom. The molecule has 1 aliphatic carbocycles. The lowest BCUT2D eigenvalue weighted by Crippen LogP contribution is -2.51. The Bertz CT molecular complexity index is 858. The molecule has 0 spiro atoms. The maximum Gasteiger partial charge on any atom is 0.244 e. The summed E-state index contributed by atoms with van der Waals surface area (Å²) in [7, 11) is 0. The van der Waals surface area contributed by atoms with Gasteiger partial charge in [-0.1, -0.05) is 18.2 Å². The van der Waals surface area contributed by atoms with Crippen molar-refractivity contribution < 1.29 is 4.79 Å². The molecule has 28 heavy (non-hydrogen) atoms. The Hall–Kier alpha value is -2.21. The van der Waals surface area contributed by atoms with Crippen molar-refractivity contribution in [2.75, 3.05) is 24.5 Å². The number of nitrogens with zero attached hydrogens (tertiary/aromatic N) is 5. The molecular formula is C22H29N5O. The topological polar surface area (TPSA) is 54.3 Å². The molecule has 0 bridgehead atoms. The number of likely N-dealkylation sites (tertiary alicyclic amines) is 1. The molecule has 3 heterocycles. The van der Waals surface area contributed by atoms with Crippen molar-refractivity contribution in [1.82, 2.24) is 19.7 Å². The quantitative estimate of drug-likeness (QED) is 0.819. The van der Waals surface area contributed by atoms with Crippen LogP contribution < -0.4 is 4.90 Å². The third-order valence-corrected chi connectivity index (χ3v) is 6.64. The molecule has 3 aliphatic rings. The van der Waals surface area contributed by atoms with Crippen LogP contribution >= 0.6 is 0 Å². The molecule has 1 saturated heterocycles. The molecule has 1 aromatic carbocycles. The Morgan fingerprint density at radius 3 is 2.86 bits per heavy atom. The third kappa shape index (κ3) is 3.24. The Morgan fingerprint density at radius 2 is 2.00 bits per heavy atom. The first-order chi connectivity index (χ1) is 13.7. The summed E-state index contributed by atoms with van der Waals surface area (Å²) in [6.45, 7) is 4.78. The van der Waals surface area contributed by atoms with Gasteiger partial charge in [-0.3, -0.25) is 9.69 Å². The van der Waals surface area contributed by atoms with Crippen LogP contribution in [-0.2, 0) is 11.2 Å². The van der Waals surface area contributed by atoms with Gasteiger partial charge in [-0.2, -0.15) is 0 Å². The summed E-state index contributed by atoms with van der Waals surface area (Å²) < 4.78 is 2.28. The van der Waals surface area contributed by atoms with E-state index in [0.717, 1.165) is 56.8 Å². The Labute approximate surface area is 166 Å². The van der Waals surface area contributed by atoms with E-state index in [1.165, 1.54) is 18.4 Å². The molecule has 148 valence electrons. The number of fused-ring (bicyclic) bond motifs is 1. The van der Waals surface area contributed by atoms with Crippen molar-refractivity contribution in [3.8, 4) is 0 Å². The van der Waals surface area contributed by atoms with E-state index in [1.54, 1.807) is 0 Å². The van der Waals surface area contributed by atoms with Crippen molar-refractivity contribution >= 4 is 11.6 Å². The van der Waals surface area contributed by atoms with E-state index < -0.39 is 0 Å². The molecule has 2 aromatic rings. The lowest BCUT2D eigenvalue weighted by atomic mass is 9.95. The van der Waals surface area contributed by atoms with E-state index in [1.807, 2.05) is 17.3 Å². The van der Waals surface area contributed by atoms with E-state index in [-0.39, 0.29) is 11.9 Å². The normalized spacial score (nSPS) is 24.0. The van der Waals surface area contributed by atoms with Crippen LogP contribution in [0.3, 0.4) is 0 Å². The average Bonchev–Trinajstić information content (AvgIpc) is 3.48. The van der Waals surface area contributed by atoms with Crippen LogP contribution in [0.2, 0.25) is 0 Å². The molecule has 0 radical (unpaired) electrons. The van der Waals surface area contributed by atoms with Crippen LogP contribution in [0.4, 0.5) is 5.69 Å². The fourth-order valence-corrected chi connectivity index (χ4v) is 4.89. The summed E-state index contributed by atoms with van der Waals surface area (Å²) in [5, 5.41) is 8.63. The molecule has 0 unspecified atom stereocenters. The molecule has 5 rings (SSSR count). The van der Waals surface area contributed by atoms with Crippen molar-refractivity contribution in [2.24, 2.45) is 0 Å². The van der Waals surface area contributed by atoms with Gasteiger partial charge in [-0.05, 0) is 63.6 Å². The van der Waals surface area contributed by atoms with Gasteiger partial charge in [0.2, 0.25) is 5.91 Å². The Balaban J connectivity index is 1.32. The van der Waals surface area contributed by atoms with Crippen LogP contribution in [0.15, 0.2) is 30.6 Å². The van der Waals surface area contributed by atoms with Gasteiger partial charge in [0.05, 0.1) is 6.04 Å². The van der Waals surface area contributed by atoms with Gasteiger partial charge in [-0.15, -0.1) is 10.2 Å². The van der Waals surface area contributed by atoms with E-state index >= 15 is 0 Å². The molecule has 6 heteroatoms. The minimum absolute atomic E-state index is 0.105. The van der Waals surface area contributed by atoms with Crippen LogP contribution in [0.1, 0.15) is 62.4 Å². The minimum atomic E-state index is -0.105. The number of hydrogen-bond acceptors (Lipinski definition) is 4. The average molecular weight is 380 g/mol. The second-order valence-corrected chi connectivity index (χ2v) is 8.56. The van der Waals surface area contributed by atoms with Gasteiger partial charge in [0.25, 0.3) is 0 Å². The van der Waals surface area contributed by atoms with Crippen LogP contribution in [0, 0.1) is 0 Å². The predicted octanol–water partition coefficient (Wildman–Crippen LogP) is 3.16. The number of hydrogen-bond donors (Lipinski definition) is 0. The fraction of sp³-hybridized carbons (Fsp3) is 0.591. The monoisotopic (exact) mass is 379 g/mol. The van der Waals surface area contributed by atoms with Crippen molar-refractivity contribution in [3.05, 3.63) is 42.0 Å². The highest BCUT2D eigenvalue weighted by Crippen LogP contribution is 2.38. The molecule has 1 aromatic heterocycles. The number of piperidine rings is 1. The first-order valence-corrected chi connectivity index (χ1v) is 10.7. The number of benzene rings is 1. The van der Waals surface area contributed by atoms with Crippen LogP contribution in [0.25, 0.3) is 0 Å². The largest absolute Gasteiger partial charge is 0.314 e. The molecule has 1 saturated carbocycles. The highest BCUT2D eigenvalue weighted by Gasteiger charge is 2.35. The number of aryl methyl sites for hydroxylation is 1. The predicted molar refractivity (Wildman–Crippen MR) is 108 cm³/mol. The third-order valence-electron chi connectivity index (χ3n) is 6.64. The highest BCUT2D eigenvalue weighted by molar-refractivity contribution is 5.98. The number of amides is 1. The maximum atomic E-state index is 13.4. The molecule has 2 fully saturated rings. The van der Waals surface area contributed by atoms with Crippen molar-refractivity contribution in [1.29, 1.82) is 0 Å². The summed E-state index contributed by atoms with van der Waals surface area (Å²) in [5.74, 6) is 1.73. The van der Waals surface area contributed by atoms with Crippen LogP contribution in [0.5, 0.6) is 0 Å². The summed E-state index contributed by atoms with van der Waals surface area (Å²) in [4.78, 5) is 17.8. The van der Waals surface area contributed by atoms with Crippen molar-refractivity contribution in [2.45, 2.75) is 63.5 Å². The van der Waals surface area contributed by atoms with E-state index in [4.69, 9.17) is 0 Å². The zero-order valence-electron chi connectivity index (χ0n) is 16.6. The fourth-order valence-electron chi connectivity index (χ4n) is 4.89. The zero-order valence-corrected chi connectivity index (χ0v) is 16.6. The summed E-state index contributed by atoms with van der Waals surface area (Å²) in [5.41, 5.74) is 2.40. The van der Waals surface area contributed by atoms with Gasteiger partial charge in [-0.25, -0.2) is 0 Å². The van der Waals surface area contributed by atoms with Gasteiger partial charge in [0, 0.05) is 30.7 Å². The number of rotatable bonds is 4. The molecule has 0 N–H and O–H groups in total. The van der Waals surface area contributed by atoms with Gasteiger partial charge < -0.3 is 9.47 Å². The molecule has 2 atom stereocenters. The second kappa shape index (κ2) is 7.32. The highest BCUT2D eigenvalue weighted by atomic mass is 16.2. The maximum absolute atomic E-state index is 13.4. The van der Waals surface area contributed by atoms with Gasteiger partial charge in [0.1, 0.15) is 12.2 Å². The number of para-hydroxylation sites is 1. The SMILES string of the molecule is C[C@H](C(=O)N1CCCc2ccccc21)N1CCC[C@H](c2nncn2C2CC2)C1. The molecule has 1 amide bonds. The van der Waals surface area contributed by atoms with E-state index in [2.05, 4.69) is 44.8 Å². The standard InChI is InChI=1S/C22H29N5O/c1-16(22(28)26-13-5-7-17-6-2-3-9-20(17)26)25-12-4-8-18(14-25)21-24-23-15-27(21)19-10-11-19/h2-3,6,9,15-16,18-19H,4-5,7-8,10-14H2,1H3/t16-,18+/m1/s1. The van der Waals surface area contributed by atoms with E-state index in [9.17, 15) is 4.79 Å². The summed E-state index contributed by atoms with van der Waals surface area (Å²) in [6, 6.07) is 8.85. The summed E-state index contributed by atoms with van der Waals surface area (Å²) >= 11 is 0. The lowest BCUT2D eigenvalue weighted by Gasteiger charge is -2.39. The first-order valence-electron chi connectivity index (χ1n) is 10.7. The van der Waals surface area contributed by atoms with Gasteiger partial charge in [0.15, 0.2) is 0 Å². The van der Waals surface area contributed by atoms with Crippen molar-refractivity contribution in [3.63, 3.8) is 0 Å². The second-order valence-electron chi connectivity index (χ2n) is 8.56. The lowest BCUT2D eigenvalue weighted by molar-refractivity contribution is -0.123. The van der Waals surface area contributed by atoms with Crippen LogP contribution in [-0.4, -0.2) is 51.2 Å². The first kappa shape index (κ1) is 17.9. The van der Waals surface area contributed by atoms with Gasteiger partial charge >= 0.3 is 0 Å². The smallest absolute Gasteiger partial charge is 0.244 e. The Kier molecular flexibility index (Phi) is 4.67. The van der Waals surface area contributed by atoms with E-state index in [0.29, 0.717) is 12.0 Å². The molecular weight excluding hydrogens is 350 g/mol. The zero-order chi connectivity index (χ0) is 19.1.